The molecule has 0 N–H and O–H groups in total. The molecule has 0 amide bonds. The molecule has 1 atom stereocenters. The van der Waals surface area contributed by atoms with Gasteiger partial charge in [-0.2, -0.15) is 5.26 Å². The van der Waals surface area contributed by atoms with Gasteiger partial charge in [0.15, 0.2) is 11.5 Å². The fraction of sp³-hybridized carbons (Fsp3) is 0.500. The third-order valence-electron chi connectivity index (χ3n) is 3.49. The van der Waals surface area contributed by atoms with Crippen LogP contribution in [0.3, 0.4) is 0 Å². The molecular formula is C14H16N2O2. The molecule has 1 aromatic rings. The summed E-state index contributed by atoms with van der Waals surface area (Å²) in [7, 11) is 0. The molecule has 1 fully saturated rings. The van der Waals surface area contributed by atoms with Crippen molar-refractivity contribution in [3.05, 3.63) is 18.2 Å². The highest BCUT2D eigenvalue weighted by Crippen LogP contribution is 2.35. The molecule has 2 aliphatic heterocycles. The second kappa shape index (κ2) is 4.77. The zero-order valence-corrected chi connectivity index (χ0v) is 10.3. The summed E-state index contributed by atoms with van der Waals surface area (Å²) in [4.78, 5) is 2.26. The SMILES string of the molecule is N#CC1CCCN(c2ccc3c(c2)OCCO3)C1. The van der Waals surface area contributed by atoms with Crippen molar-refractivity contribution in [3.63, 3.8) is 0 Å². The van der Waals surface area contributed by atoms with Crippen molar-refractivity contribution in [2.75, 3.05) is 31.2 Å². The van der Waals surface area contributed by atoms with E-state index in [9.17, 15) is 0 Å². The molecule has 2 heterocycles. The first-order valence-corrected chi connectivity index (χ1v) is 6.41. The molecule has 3 rings (SSSR count). The van der Waals surface area contributed by atoms with Crippen molar-refractivity contribution in [1.29, 1.82) is 5.26 Å². The molecule has 18 heavy (non-hydrogen) atoms. The molecule has 4 nitrogen and oxygen atoms in total. The average molecular weight is 244 g/mol. The summed E-state index contributed by atoms with van der Waals surface area (Å²) in [5.41, 5.74) is 1.12. The van der Waals surface area contributed by atoms with Gasteiger partial charge in [0.1, 0.15) is 13.2 Å². The molecule has 0 saturated carbocycles. The van der Waals surface area contributed by atoms with Gasteiger partial charge in [0.05, 0.1) is 12.0 Å². The fourth-order valence-corrected chi connectivity index (χ4v) is 2.55. The summed E-state index contributed by atoms with van der Waals surface area (Å²) in [5, 5.41) is 9.03. The second-order valence-corrected chi connectivity index (χ2v) is 4.74. The van der Waals surface area contributed by atoms with Crippen molar-refractivity contribution in [3.8, 4) is 17.6 Å². The Labute approximate surface area is 107 Å². The summed E-state index contributed by atoms with van der Waals surface area (Å²) in [6, 6.07) is 8.40. The van der Waals surface area contributed by atoms with Gasteiger partial charge < -0.3 is 14.4 Å². The predicted molar refractivity (Wildman–Crippen MR) is 68.0 cm³/mol. The Kier molecular flexibility index (Phi) is 2.97. The van der Waals surface area contributed by atoms with E-state index in [1.54, 1.807) is 0 Å². The predicted octanol–water partition coefficient (Wildman–Crippen LogP) is 2.20. The Morgan fingerprint density at radius 3 is 2.89 bits per heavy atom. The number of benzene rings is 1. The standard InChI is InChI=1S/C14H16N2O2/c15-9-11-2-1-5-16(10-11)12-3-4-13-14(8-12)18-7-6-17-13/h3-4,8,11H,1-2,5-7,10H2. The molecule has 1 aromatic carbocycles. The molecule has 0 radical (unpaired) electrons. The van der Waals surface area contributed by atoms with Crippen molar-refractivity contribution in [2.24, 2.45) is 5.92 Å². The number of nitriles is 1. The van der Waals surface area contributed by atoms with Crippen molar-refractivity contribution < 1.29 is 9.47 Å². The van der Waals surface area contributed by atoms with Gasteiger partial charge in [-0.3, -0.25) is 0 Å². The van der Waals surface area contributed by atoms with E-state index in [2.05, 4.69) is 11.0 Å². The third-order valence-corrected chi connectivity index (χ3v) is 3.49. The molecule has 0 aliphatic carbocycles. The van der Waals surface area contributed by atoms with Gasteiger partial charge in [-0.1, -0.05) is 0 Å². The lowest BCUT2D eigenvalue weighted by atomic mass is 9.99. The Morgan fingerprint density at radius 2 is 2.06 bits per heavy atom. The van der Waals surface area contributed by atoms with Crippen molar-refractivity contribution >= 4 is 5.69 Å². The normalized spacial score (nSPS) is 22.4. The monoisotopic (exact) mass is 244 g/mol. The lowest BCUT2D eigenvalue weighted by Crippen LogP contribution is -2.34. The Morgan fingerprint density at radius 1 is 1.22 bits per heavy atom. The van der Waals surface area contributed by atoms with Crippen LogP contribution in [0, 0.1) is 17.2 Å². The first-order valence-electron chi connectivity index (χ1n) is 6.41. The van der Waals surface area contributed by atoms with E-state index < -0.39 is 0 Å². The quantitative estimate of drug-likeness (QED) is 0.759. The highest BCUT2D eigenvalue weighted by atomic mass is 16.6. The molecule has 94 valence electrons. The lowest BCUT2D eigenvalue weighted by Gasteiger charge is -2.32. The number of hydrogen-bond acceptors (Lipinski definition) is 4. The smallest absolute Gasteiger partial charge is 0.163 e. The Hall–Kier alpha value is -1.89. The van der Waals surface area contributed by atoms with Crippen molar-refractivity contribution in [2.45, 2.75) is 12.8 Å². The van der Waals surface area contributed by atoms with Crippen LogP contribution < -0.4 is 14.4 Å². The molecule has 4 heteroatoms. The van der Waals surface area contributed by atoms with Crippen LogP contribution in [0.15, 0.2) is 18.2 Å². The van der Waals surface area contributed by atoms with Gasteiger partial charge in [-0.25, -0.2) is 0 Å². The Balaban J connectivity index is 1.81. The molecule has 1 saturated heterocycles. The average Bonchev–Trinajstić information content (AvgIpc) is 2.47. The van der Waals surface area contributed by atoms with Crippen molar-refractivity contribution in [1.82, 2.24) is 0 Å². The fourth-order valence-electron chi connectivity index (χ4n) is 2.55. The largest absolute Gasteiger partial charge is 0.486 e. The Bertz CT molecular complexity index is 481. The van der Waals surface area contributed by atoms with E-state index >= 15 is 0 Å². The molecule has 0 aromatic heterocycles. The first-order chi connectivity index (χ1) is 8.86. The number of fused-ring (bicyclic) bond motifs is 1. The maximum Gasteiger partial charge on any atom is 0.163 e. The topological polar surface area (TPSA) is 45.5 Å². The number of rotatable bonds is 1. The van der Waals surface area contributed by atoms with E-state index in [-0.39, 0.29) is 5.92 Å². The maximum absolute atomic E-state index is 9.03. The van der Waals surface area contributed by atoms with E-state index in [0.717, 1.165) is 43.1 Å². The zero-order valence-electron chi connectivity index (χ0n) is 10.3. The van der Waals surface area contributed by atoms with E-state index in [1.807, 2.05) is 18.2 Å². The molecular weight excluding hydrogens is 228 g/mol. The highest BCUT2D eigenvalue weighted by molar-refractivity contribution is 5.57. The van der Waals surface area contributed by atoms with E-state index in [0.29, 0.717) is 13.2 Å². The summed E-state index contributed by atoms with van der Waals surface area (Å²) >= 11 is 0. The zero-order chi connectivity index (χ0) is 12.4. The third kappa shape index (κ3) is 2.08. The van der Waals surface area contributed by atoms with E-state index in [4.69, 9.17) is 14.7 Å². The van der Waals surface area contributed by atoms with Crippen LogP contribution in [-0.4, -0.2) is 26.3 Å². The van der Waals surface area contributed by atoms with Gasteiger partial charge in [-0.15, -0.1) is 0 Å². The number of nitrogens with zero attached hydrogens (tertiary/aromatic N) is 2. The highest BCUT2D eigenvalue weighted by Gasteiger charge is 2.21. The summed E-state index contributed by atoms with van der Waals surface area (Å²) < 4.78 is 11.1. The lowest BCUT2D eigenvalue weighted by molar-refractivity contribution is 0.171. The first kappa shape index (κ1) is 11.2. The van der Waals surface area contributed by atoms with Crippen LogP contribution in [-0.2, 0) is 0 Å². The van der Waals surface area contributed by atoms with Crippen LogP contribution in [0.4, 0.5) is 5.69 Å². The molecule has 2 aliphatic rings. The van der Waals surface area contributed by atoms with Crippen LogP contribution >= 0.6 is 0 Å². The molecule has 1 unspecified atom stereocenters. The minimum atomic E-state index is 0.145. The van der Waals surface area contributed by atoms with Gasteiger partial charge in [0, 0.05) is 24.8 Å². The number of piperidine rings is 1. The molecule has 0 bridgehead atoms. The maximum atomic E-state index is 9.03. The minimum absolute atomic E-state index is 0.145. The second-order valence-electron chi connectivity index (χ2n) is 4.74. The van der Waals surface area contributed by atoms with Crippen LogP contribution in [0.2, 0.25) is 0 Å². The number of hydrogen-bond donors (Lipinski definition) is 0. The van der Waals surface area contributed by atoms with Gasteiger partial charge in [0.25, 0.3) is 0 Å². The van der Waals surface area contributed by atoms with Crippen LogP contribution in [0.25, 0.3) is 0 Å². The summed E-state index contributed by atoms with van der Waals surface area (Å²) in [5.74, 6) is 1.78. The van der Waals surface area contributed by atoms with Gasteiger partial charge in [0.2, 0.25) is 0 Å². The summed E-state index contributed by atoms with van der Waals surface area (Å²) in [6.45, 7) is 3.05. The van der Waals surface area contributed by atoms with E-state index in [1.165, 1.54) is 0 Å². The van der Waals surface area contributed by atoms with Crippen LogP contribution in [0.1, 0.15) is 12.8 Å². The molecule has 0 spiro atoms. The van der Waals surface area contributed by atoms with Gasteiger partial charge in [-0.05, 0) is 25.0 Å². The number of anilines is 1. The van der Waals surface area contributed by atoms with Gasteiger partial charge >= 0.3 is 0 Å². The number of ether oxygens (including phenoxy) is 2. The van der Waals surface area contributed by atoms with Crippen LogP contribution in [0.5, 0.6) is 11.5 Å². The summed E-state index contributed by atoms with van der Waals surface area (Å²) in [6.07, 6.45) is 2.09. The minimum Gasteiger partial charge on any atom is -0.486 e.